The van der Waals surface area contributed by atoms with Crippen LogP contribution in [0.15, 0.2) is 15.7 Å². The Morgan fingerprint density at radius 1 is 1.24 bits per heavy atom. The van der Waals surface area contributed by atoms with E-state index in [2.05, 4.69) is 4.90 Å². The van der Waals surface area contributed by atoms with Gasteiger partial charge >= 0.3 is 5.69 Å². The summed E-state index contributed by atoms with van der Waals surface area (Å²) in [6, 6.07) is 2.19. The second-order valence-electron chi connectivity index (χ2n) is 6.26. The fourth-order valence-electron chi connectivity index (χ4n) is 2.98. The first-order valence-electron chi connectivity index (χ1n) is 7.64. The van der Waals surface area contributed by atoms with Gasteiger partial charge in [0.05, 0.1) is 6.61 Å². The third-order valence-electron chi connectivity index (χ3n) is 4.57. The molecule has 3 rings (SSSR count). The SMILES string of the molecule is Cn1c(CN(C[C@@H]2CCOC2)C2CC2)cc(=O)n(C)c1=O. The third kappa shape index (κ3) is 3.11. The summed E-state index contributed by atoms with van der Waals surface area (Å²) in [6.07, 6.45) is 3.54. The van der Waals surface area contributed by atoms with E-state index in [0.717, 1.165) is 36.4 Å². The van der Waals surface area contributed by atoms with Crippen molar-refractivity contribution in [1.29, 1.82) is 0 Å². The van der Waals surface area contributed by atoms with Gasteiger partial charge in [0.15, 0.2) is 0 Å². The Balaban J connectivity index is 1.79. The van der Waals surface area contributed by atoms with E-state index in [1.807, 2.05) is 0 Å². The molecule has 0 unspecified atom stereocenters. The predicted molar refractivity (Wildman–Crippen MR) is 79.3 cm³/mol. The Morgan fingerprint density at radius 3 is 2.62 bits per heavy atom. The quantitative estimate of drug-likeness (QED) is 0.772. The monoisotopic (exact) mass is 293 g/mol. The summed E-state index contributed by atoms with van der Waals surface area (Å²) in [6.45, 7) is 3.35. The van der Waals surface area contributed by atoms with E-state index >= 15 is 0 Å². The minimum atomic E-state index is -0.252. The number of aromatic nitrogens is 2. The van der Waals surface area contributed by atoms with Gasteiger partial charge in [-0.25, -0.2) is 4.79 Å². The van der Waals surface area contributed by atoms with Gasteiger partial charge in [0.25, 0.3) is 5.56 Å². The fourth-order valence-corrected chi connectivity index (χ4v) is 2.98. The van der Waals surface area contributed by atoms with Crippen molar-refractivity contribution in [2.75, 3.05) is 19.8 Å². The molecule has 0 radical (unpaired) electrons. The highest BCUT2D eigenvalue weighted by molar-refractivity contribution is 5.03. The van der Waals surface area contributed by atoms with Gasteiger partial charge in [0, 0.05) is 51.6 Å². The molecule has 0 spiro atoms. The van der Waals surface area contributed by atoms with Crippen LogP contribution in [0.5, 0.6) is 0 Å². The topological polar surface area (TPSA) is 56.5 Å². The van der Waals surface area contributed by atoms with Gasteiger partial charge in [0.1, 0.15) is 0 Å². The van der Waals surface area contributed by atoms with Crippen LogP contribution in [-0.2, 0) is 25.4 Å². The molecule has 0 aromatic carbocycles. The van der Waals surface area contributed by atoms with Crippen molar-refractivity contribution in [2.24, 2.45) is 20.0 Å². The van der Waals surface area contributed by atoms with Crippen LogP contribution in [0.1, 0.15) is 25.0 Å². The lowest BCUT2D eigenvalue weighted by molar-refractivity contribution is 0.160. The van der Waals surface area contributed by atoms with Crippen LogP contribution in [0.4, 0.5) is 0 Å². The number of nitrogens with zero attached hydrogens (tertiary/aromatic N) is 3. The van der Waals surface area contributed by atoms with Crippen LogP contribution in [0.2, 0.25) is 0 Å². The van der Waals surface area contributed by atoms with E-state index < -0.39 is 0 Å². The van der Waals surface area contributed by atoms with Crippen molar-refractivity contribution in [3.63, 3.8) is 0 Å². The average molecular weight is 293 g/mol. The number of ether oxygens (including phenoxy) is 1. The molecular formula is C15H23N3O3. The van der Waals surface area contributed by atoms with Gasteiger partial charge in [-0.15, -0.1) is 0 Å². The summed E-state index contributed by atoms with van der Waals surface area (Å²) in [5.41, 5.74) is 0.319. The molecule has 21 heavy (non-hydrogen) atoms. The molecule has 1 saturated carbocycles. The highest BCUT2D eigenvalue weighted by Gasteiger charge is 2.32. The zero-order valence-corrected chi connectivity index (χ0v) is 12.7. The summed E-state index contributed by atoms with van der Waals surface area (Å²) in [5.74, 6) is 0.578. The minimum absolute atomic E-state index is 0.229. The molecule has 1 aromatic rings. The molecule has 6 nitrogen and oxygen atoms in total. The highest BCUT2D eigenvalue weighted by Crippen LogP contribution is 2.30. The van der Waals surface area contributed by atoms with Crippen LogP contribution in [0.3, 0.4) is 0 Å². The first-order chi connectivity index (χ1) is 10.1. The van der Waals surface area contributed by atoms with Crippen molar-refractivity contribution >= 4 is 0 Å². The van der Waals surface area contributed by atoms with Crippen molar-refractivity contribution in [3.05, 3.63) is 32.6 Å². The van der Waals surface area contributed by atoms with Gasteiger partial charge in [-0.2, -0.15) is 0 Å². The maximum atomic E-state index is 12.0. The van der Waals surface area contributed by atoms with Crippen LogP contribution >= 0.6 is 0 Å². The highest BCUT2D eigenvalue weighted by atomic mass is 16.5. The van der Waals surface area contributed by atoms with Crippen molar-refractivity contribution < 1.29 is 4.74 Å². The number of hydrogen-bond acceptors (Lipinski definition) is 4. The molecule has 116 valence electrons. The molecule has 0 bridgehead atoms. The number of hydrogen-bond donors (Lipinski definition) is 0. The average Bonchev–Trinajstić information content (AvgIpc) is 3.19. The van der Waals surface area contributed by atoms with Crippen LogP contribution in [-0.4, -0.2) is 39.8 Å². The summed E-state index contributed by atoms with van der Waals surface area (Å²) >= 11 is 0. The van der Waals surface area contributed by atoms with E-state index in [9.17, 15) is 9.59 Å². The lowest BCUT2D eigenvalue weighted by Gasteiger charge is -2.25. The molecule has 1 aromatic heterocycles. The largest absolute Gasteiger partial charge is 0.381 e. The Bertz CT molecular complexity index is 624. The molecule has 1 aliphatic carbocycles. The summed E-state index contributed by atoms with van der Waals surface area (Å²) in [5, 5.41) is 0. The van der Waals surface area contributed by atoms with Crippen LogP contribution in [0, 0.1) is 5.92 Å². The number of rotatable bonds is 5. The van der Waals surface area contributed by atoms with Gasteiger partial charge in [-0.1, -0.05) is 0 Å². The molecular weight excluding hydrogens is 270 g/mol. The molecule has 2 heterocycles. The van der Waals surface area contributed by atoms with E-state index in [0.29, 0.717) is 18.5 Å². The smallest absolute Gasteiger partial charge is 0.330 e. The second kappa shape index (κ2) is 5.77. The van der Waals surface area contributed by atoms with E-state index in [1.54, 1.807) is 17.7 Å². The Hall–Kier alpha value is -1.40. The maximum absolute atomic E-state index is 12.0. The molecule has 1 saturated heterocycles. The molecule has 0 amide bonds. The normalized spacial score (nSPS) is 22.1. The third-order valence-corrected chi connectivity index (χ3v) is 4.57. The van der Waals surface area contributed by atoms with Crippen LogP contribution < -0.4 is 11.2 Å². The second-order valence-corrected chi connectivity index (χ2v) is 6.26. The molecule has 2 fully saturated rings. The standard InChI is InChI=1S/C15H23N3O3/c1-16-13(7-14(19)17(2)15(16)20)9-18(12-3-4-12)8-11-5-6-21-10-11/h7,11-12H,3-6,8-10H2,1-2H3/t11-/m0/s1. The van der Waals surface area contributed by atoms with Crippen molar-refractivity contribution in [2.45, 2.75) is 31.8 Å². The first-order valence-corrected chi connectivity index (χ1v) is 7.64. The van der Waals surface area contributed by atoms with Gasteiger partial charge in [-0.05, 0) is 25.2 Å². The van der Waals surface area contributed by atoms with Crippen molar-refractivity contribution in [3.8, 4) is 0 Å². The lowest BCUT2D eigenvalue weighted by atomic mass is 10.1. The molecule has 6 heteroatoms. The molecule has 2 aliphatic rings. The molecule has 0 N–H and O–H groups in total. The van der Waals surface area contributed by atoms with Gasteiger partial charge in [-0.3, -0.25) is 18.8 Å². The predicted octanol–water partition coefficient (Wildman–Crippen LogP) is 0.0849. The Morgan fingerprint density at radius 2 is 2.00 bits per heavy atom. The minimum Gasteiger partial charge on any atom is -0.381 e. The van der Waals surface area contributed by atoms with Gasteiger partial charge < -0.3 is 4.74 Å². The lowest BCUT2D eigenvalue weighted by Crippen LogP contribution is -2.40. The zero-order valence-electron chi connectivity index (χ0n) is 12.7. The molecule has 1 atom stereocenters. The maximum Gasteiger partial charge on any atom is 0.330 e. The Kier molecular flexibility index (Phi) is 3.99. The zero-order chi connectivity index (χ0) is 15.0. The van der Waals surface area contributed by atoms with E-state index in [-0.39, 0.29) is 11.2 Å². The van der Waals surface area contributed by atoms with E-state index in [1.165, 1.54) is 19.9 Å². The van der Waals surface area contributed by atoms with E-state index in [4.69, 9.17) is 4.74 Å². The first kappa shape index (κ1) is 14.5. The summed E-state index contributed by atoms with van der Waals surface area (Å²) < 4.78 is 8.18. The van der Waals surface area contributed by atoms with Crippen molar-refractivity contribution in [1.82, 2.24) is 14.0 Å². The molecule has 1 aliphatic heterocycles. The summed E-state index contributed by atoms with van der Waals surface area (Å²) in [4.78, 5) is 26.3. The summed E-state index contributed by atoms with van der Waals surface area (Å²) in [7, 11) is 3.25. The van der Waals surface area contributed by atoms with Crippen LogP contribution in [0.25, 0.3) is 0 Å². The Labute approximate surface area is 123 Å². The van der Waals surface area contributed by atoms with Gasteiger partial charge in [0.2, 0.25) is 0 Å². The fraction of sp³-hybridized carbons (Fsp3) is 0.733.